The largest absolute Gasteiger partial charge is 0.466 e. The van der Waals surface area contributed by atoms with Gasteiger partial charge < -0.3 is 10.1 Å². The van der Waals surface area contributed by atoms with Crippen molar-refractivity contribution < 1.29 is 9.53 Å². The minimum absolute atomic E-state index is 0.0731. The van der Waals surface area contributed by atoms with Gasteiger partial charge in [-0.05, 0) is 33.1 Å². The molecule has 0 heterocycles. The van der Waals surface area contributed by atoms with Crippen LogP contribution in [-0.4, -0.2) is 24.7 Å². The summed E-state index contributed by atoms with van der Waals surface area (Å²) in [5.41, 5.74) is 0.0756. The van der Waals surface area contributed by atoms with E-state index in [1.165, 1.54) is 19.3 Å². The molecule has 0 aromatic carbocycles. The van der Waals surface area contributed by atoms with Gasteiger partial charge in [-0.25, -0.2) is 0 Å². The van der Waals surface area contributed by atoms with Crippen molar-refractivity contribution in [2.24, 2.45) is 5.92 Å². The third-order valence-electron chi connectivity index (χ3n) is 3.00. The second kappa shape index (κ2) is 6.24. The average Bonchev–Trinajstić information content (AvgIpc) is 2.07. The quantitative estimate of drug-likeness (QED) is 0.709. The lowest BCUT2D eigenvalue weighted by Gasteiger charge is -2.24. The first kappa shape index (κ1) is 13.5. The molecule has 0 bridgehead atoms. The third kappa shape index (κ3) is 6.11. The zero-order chi connectivity index (χ0) is 12.0. The Kier molecular flexibility index (Phi) is 5.26. The predicted octanol–water partition coefficient (Wildman–Crippen LogP) is 2.50. The van der Waals surface area contributed by atoms with Gasteiger partial charge in [0, 0.05) is 12.1 Å². The Bertz CT molecular complexity index is 216. The second-order valence-corrected chi connectivity index (χ2v) is 5.73. The Morgan fingerprint density at radius 3 is 2.56 bits per heavy atom. The van der Waals surface area contributed by atoms with Gasteiger partial charge in [-0.2, -0.15) is 0 Å². The summed E-state index contributed by atoms with van der Waals surface area (Å²) in [6.07, 6.45) is 5.53. The number of rotatable bonds is 6. The summed E-state index contributed by atoms with van der Waals surface area (Å²) in [5, 5.41) is 3.27. The lowest BCUT2D eigenvalue weighted by atomic mass is 9.83. The smallest absolute Gasteiger partial charge is 0.307 e. The van der Waals surface area contributed by atoms with E-state index in [9.17, 15) is 4.79 Å². The number of carbonyl (C=O) groups excluding carboxylic acids is 1. The molecule has 0 saturated heterocycles. The SMILES string of the molecule is CC(C)(C)NCCC(=O)OCCC1CCC1. The Balaban J connectivity index is 1.93. The van der Waals surface area contributed by atoms with Gasteiger partial charge in [-0.15, -0.1) is 0 Å². The van der Waals surface area contributed by atoms with E-state index in [1.54, 1.807) is 0 Å². The molecule has 0 aliphatic heterocycles. The fourth-order valence-electron chi connectivity index (χ4n) is 1.73. The molecule has 3 nitrogen and oxygen atoms in total. The van der Waals surface area contributed by atoms with E-state index in [-0.39, 0.29) is 11.5 Å². The van der Waals surface area contributed by atoms with E-state index in [0.29, 0.717) is 19.6 Å². The van der Waals surface area contributed by atoms with Crippen LogP contribution >= 0.6 is 0 Å². The van der Waals surface area contributed by atoms with Gasteiger partial charge in [0.2, 0.25) is 0 Å². The maximum Gasteiger partial charge on any atom is 0.307 e. The molecule has 0 aromatic rings. The van der Waals surface area contributed by atoms with E-state index in [0.717, 1.165) is 12.3 Å². The molecule has 1 rings (SSSR count). The topological polar surface area (TPSA) is 38.3 Å². The van der Waals surface area contributed by atoms with Crippen molar-refractivity contribution in [3.8, 4) is 0 Å². The standard InChI is InChI=1S/C13H25NO2/c1-13(2,3)14-9-7-12(15)16-10-8-11-5-4-6-11/h11,14H,4-10H2,1-3H3. The Morgan fingerprint density at radius 1 is 1.38 bits per heavy atom. The van der Waals surface area contributed by atoms with Crippen LogP contribution in [0.5, 0.6) is 0 Å². The van der Waals surface area contributed by atoms with Crippen molar-refractivity contribution in [3.63, 3.8) is 0 Å². The number of hydrogen-bond acceptors (Lipinski definition) is 3. The van der Waals surface area contributed by atoms with E-state index in [2.05, 4.69) is 26.1 Å². The van der Waals surface area contributed by atoms with Crippen LogP contribution < -0.4 is 5.32 Å². The van der Waals surface area contributed by atoms with Gasteiger partial charge in [0.05, 0.1) is 13.0 Å². The van der Waals surface area contributed by atoms with Crippen LogP contribution in [0.4, 0.5) is 0 Å². The molecular formula is C13H25NO2. The van der Waals surface area contributed by atoms with Gasteiger partial charge in [0.1, 0.15) is 0 Å². The molecule has 1 N–H and O–H groups in total. The zero-order valence-corrected chi connectivity index (χ0v) is 10.8. The normalized spacial score (nSPS) is 16.9. The molecule has 3 heteroatoms. The molecule has 16 heavy (non-hydrogen) atoms. The highest BCUT2D eigenvalue weighted by Crippen LogP contribution is 2.29. The minimum Gasteiger partial charge on any atom is -0.466 e. The zero-order valence-electron chi connectivity index (χ0n) is 10.8. The minimum atomic E-state index is -0.0731. The van der Waals surface area contributed by atoms with Crippen LogP contribution in [0.3, 0.4) is 0 Å². The van der Waals surface area contributed by atoms with Crippen LogP contribution in [0.2, 0.25) is 0 Å². The fraction of sp³-hybridized carbons (Fsp3) is 0.923. The highest BCUT2D eigenvalue weighted by atomic mass is 16.5. The molecule has 0 atom stereocenters. The van der Waals surface area contributed by atoms with Gasteiger partial charge in [-0.3, -0.25) is 4.79 Å². The molecule has 0 amide bonds. The maximum atomic E-state index is 11.4. The summed E-state index contributed by atoms with van der Waals surface area (Å²) in [5.74, 6) is 0.747. The third-order valence-corrected chi connectivity index (χ3v) is 3.00. The van der Waals surface area contributed by atoms with Crippen LogP contribution in [0.1, 0.15) is 52.9 Å². The first-order valence-electron chi connectivity index (χ1n) is 6.38. The van der Waals surface area contributed by atoms with E-state index in [4.69, 9.17) is 4.74 Å². The average molecular weight is 227 g/mol. The number of hydrogen-bond donors (Lipinski definition) is 1. The lowest BCUT2D eigenvalue weighted by molar-refractivity contribution is -0.144. The van der Waals surface area contributed by atoms with Crippen molar-refractivity contribution in [1.29, 1.82) is 0 Å². The summed E-state index contributed by atoms with van der Waals surface area (Å²) in [7, 11) is 0. The van der Waals surface area contributed by atoms with Crippen LogP contribution in [-0.2, 0) is 9.53 Å². The summed E-state index contributed by atoms with van der Waals surface area (Å²) < 4.78 is 5.18. The summed E-state index contributed by atoms with van der Waals surface area (Å²) >= 11 is 0. The highest BCUT2D eigenvalue weighted by Gasteiger charge is 2.17. The molecule has 1 aliphatic rings. The van der Waals surface area contributed by atoms with Crippen LogP contribution in [0.25, 0.3) is 0 Å². The maximum absolute atomic E-state index is 11.4. The fourth-order valence-corrected chi connectivity index (χ4v) is 1.73. The number of ether oxygens (including phenoxy) is 1. The molecule has 1 fully saturated rings. The summed E-state index contributed by atoms with van der Waals surface area (Å²) in [4.78, 5) is 11.4. The molecule has 0 aromatic heterocycles. The molecule has 0 unspecified atom stereocenters. The van der Waals surface area contributed by atoms with E-state index in [1.807, 2.05) is 0 Å². The van der Waals surface area contributed by atoms with Crippen molar-refractivity contribution in [3.05, 3.63) is 0 Å². The first-order chi connectivity index (χ1) is 7.47. The highest BCUT2D eigenvalue weighted by molar-refractivity contribution is 5.69. The van der Waals surface area contributed by atoms with Crippen LogP contribution in [0, 0.1) is 5.92 Å². The molecule has 0 radical (unpaired) electrons. The van der Waals surface area contributed by atoms with Gasteiger partial charge >= 0.3 is 5.97 Å². The Morgan fingerprint density at radius 2 is 2.06 bits per heavy atom. The molecular weight excluding hydrogens is 202 g/mol. The monoisotopic (exact) mass is 227 g/mol. The van der Waals surface area contributed by atoms with Gasteiger partial charge in [-0.1, -0.05) is 19.3 Å². The van der Waals surface area contributed by atoms with Crippen molar-refractivity contribution in [2.45, 2.75) is 58.4 Å². The van der Waals surface area contributed by atoms with Crippen LogP contribution in [0.15, 0.2) is 0 Å². The number of esters is 1. The molecule has 1 aliphatic carbocycles. The van der Waals surface area contributed by atoms with Crippen molar-refractivity contribution >= 4 is 5.97 Å². The predicted molar refractivity (Wildman–Crippen MR) is 65.3 cm³/mol. The first-order valence-corrected chi connectivity index (χ1v) is 6.38. The molecule has 0 spiro atoms. The van der Waals surface area contributed by atoms with E-state index >= 15 is 0 Å². The Labute approximate surface area is 98.9 Å². The molecule has 1 saturated carbocycles. The molecule has 94 valence electrons. The number of nitrogens with one attached hydrogen (secondary N) is 1. The Hall–Kier alpha value is -0.570. The second-order valence-electron chi connectivity index (χ2n) is 5.73. The summed E-state index contributed by atoms with van der Waals surface area (Å²) in [6, 6.07) is 0. The van der Waals surface area contributed by atoms with Gasteiger partial charge in [0.25, 0.3) is 0 Å². The number of carbonyl (C=O) groups is 1. The van der Waals surface area contributed by atoms with E-state index < -0.39 is 0 Å². The van der Waals surface area contributed by atoms with Crippen molar-refractivity contribution in [2.75, 3.05) is 13.2 Å². The van der Waals surface area contributed by atoms with Gasteiger partial charge in [0.15, 0.2) is 0 Å². The van der Waals surface area contributed by atoms with Crippen molar-refractivity contribution in [1.82, 2.24) is 5.32 Å². The lowest BCUT2D eigenvalue weighted by Crippen LogP contribution is -2.37. The summed E-state index contributed by atoms with van der Waals surface area (Å²) in [6.45, 7) is 7.59.